The van der Waals surface area contributed by atoms with Crippen molar-refractivity contribution in [1.29, 1.82) is 0 Å². The van der Waals surface area contributed by atoms with Crippen LogP contribution in [-0.2, 0) is 9.47 Å². The molecule has 0 bridgehead atoms. The molecule has 0 aliphatic carbocycles. The number of hydrogen-bond donors (Lipinski definition) is 0. The number of hydrogen-bond acceptors (Lipinski definition) is 2. The second-order valence-corrected chi connectivity index (χ2v) is 2.59. The Kier molecular flexibility index (Phi) is 7.76. The Balaban J connectivity index is 0.00000121. The zero-order valence-corrected chi connectivity index (χ0v) is 7.64. The molecule has 0 amide bonds. The van der Waals surface area contributed by atoms with Crippen molar-refractivity contribution in [3.05, 3.63) is 6.42 Å². The molecule has 1 aliphatic rings. The predicted octanol–water partition coefficient (Wildman–Crippen LogP) is -1.49. The maximum Gasteiger partial charge on any atom is 1.00 e. The SMILES string of the molecule is [C-]#CCCOC1CCCCO1.[Li+]. The van der Waals surface area contributed by atoms with Crippen LogP contribution in [-0.4, -0.2) is 19.5 Å². The fourth-order valence-electron chi connectivity index (χ4n) is 1.08. The molecule has 1 saturated heterocycles. The van der Waals surface area contributed by atoms with Crippen LogP contribution in [0.3, 0.4) is 0 Å². The zero-order chi connectivity index (χ0) is 7.94. The predicted molar refractivity (Wildman–Crippen MR) is 41.3 cm³/mol. The van der Waals surface area contributed by atoms with E-state index in [0.717, 1.165) is 19.4 Å². The molecule has 1 aliphatic heterocycles. The molecule has 62 valence electrons. The van der Waals surface area contributed by atoms with Gasteiger partial charge in [-0.3, -0.25) is 0 Å². The quantitative estimate of drug-likeness (QED) is 0.217. The minimum Gasteiger partial charge on any atom is -0.694 e. The van der Waals surface area contributed by atoms with Gasteiger partial charge in [-0.15, -0.1) is 0 Å². The molecule has 1 atom stereocenters. The van der Waals surface area contributed by atoms with Crippen molar-refractivity contribution >= 4 is 0 Å². The van der Waals surface area contributed by atoms with Gasteiger partial charge in [-0.05, 0) is 25.7 Å². The molecule has 0 spiro atoms. The minimum atomic E-state index is -0.0166. The Morgan fingerprint density at radius 1 is 1.50 bits per heavy atom. The van der Waals surface area contributed by atoms with Gasteiger partial charge in [0.2, 0.25) is 0 Å². The van der Waals surface area contributed by atoms with Gasteiger partial charge in [0, 0.05) is 6.61 Å². The topological polar surface area (TPSA) is 18.5 Å². The van der Waals surface area contributed by atoms with Gasteiger partial charge in [0.1, 0.15) is 0 Å². The van der Waals surface area contributed by atoms with Crippen molar-refractivity contribution < 1.29 is 28.3 Å². The normalized spacial score (nSPS) is 22.4. The first-order valence-electron chi connectivity index (χ1n) is 4.06. The third-order valence-corrected chi connectivity index (χ3v) is 1.67. The summed E-state index contributed by atoms with van der Waals surface area (Å²) in [5, 5.41) is 0. The van der Waals surface area contributed by atoms with Crippen molar-refractivity contribution in [1.82, 2.24) is 0 Å². The smallest absolute Gasteiger partial charge is 0.694 e. The van der Waals surface area contributed by atoms with E-state index >= 15 is 0 Å². The fourth-order valence-corrected chi connectivity index (χ4v) is 1.08. The van der Waals surface area contributed by atoms with Gasteiger partial charge in [-0.25, -0.2) is 0 Å². The molecule has 0 aromatic heterocycles. The van der Waals surface area contributed by atoms with Crippen LogP contribution in [0.15, 0.2) is 0 Å². The van der Waals surface area contributed by atoms with Crippen LogP contribution < -0.4 is 18.9 Å². The Hall–Kier alpha value is 0.0774. The van der Waals surface area contributed by atoms with Crippen LogP contribution in [0.1, 0.15) is 25.7 Å². The first kappa shape index (κ1) is 12.1. The van der Waals surface area contributed by atoms with Crippen LogP contribution in [0.2, 0.25) is 0 Å². The number of ether oxygens (including phenoxy) is 2. The van der Waals surface area contributed by atoms with Gasteiger partial charge >= 0.3 is 18.9 Å². The Bertz CT molecular complexity index is 136. The monoisotopic (exact) mass is 160 g/mol. The fraction of sp³-hybridized carbons (Fsp3) is 0.778. The molecule has 2 nitrogen and oxygen atoms in total. The molecular formula is C9H13LiO2. The first-order valence-corrected chi connectivity index (χ1v) is 4.06. The van der Waals surface area contributed by atoms with Gasteiger partial charge in [0.05, 0.1) is 6.61 Å². The zero-order valence-electron chi connectivity index (χ0n) is 7.64. The standard InChI is InChI=1S/C9H13O2.Li/c1-2-3-7-10-9-6-4-5-8-11-9;/h9H,3-8H2;/q-1;+1. The maximum absolute atomic E-state index is 6.65. The van der Waals surface area contributed by atoms with E-state index in [1.165, 1.54) is 6.42 Å². The average Bonchev–Trinajstić information content (AvgIpc) is 2.07. The Morgan fingerprint density at radius 2 is 2.33 bits per heavy atom. The summed E-state index contributed by atoms with van der Waals surface area (Å²) < 4.78 is 10.6. The molecule has 1 fully saturated rings. The van der Waals surface area contributed by atoms with E-state index in [1.54, 1.807) is 0 Å². The molecular weight excluding hydrogens is 147 g/mol. The summed E-state index contributed by atoms with van der Waals surface area (Å²) in [6, 6.07) is 0. The van der Waals surface area contributed by atoms with E-state index in [-0.39, 0.29) is 25.2 Å². The van der Waals surface area contributed by atoms with Crippen LogP contribution in [0.25, 0.3) is 0 Å². The van der Waals surface area contributed by atoms with Crippen molar-refractivity contribution in [2.75, 3.05) is 13.2 Å². The third kappa shape index (κ3) is 4.86. The van der Waals surface area contributed by atoms with Crippen LogP contribution >= 0.6 is 0 Å². The van der Waals surface area contributed by atoms with Crippen LogP contribution in [0.4, 0.5) is 0 Å². The molecule has 0 N–H and O–H groups in total. The van der Waals surface area contributed by atoms with E-state index in [4.69, 9.17) is 15.9 Å². The largest absolute Gasteiger partial charge is 1.00 e. The Morgan fingerprint density at radius 3 is 2.92 bits per heavy atom. The van der Waals surface area contributed by atoms with Gasteiger partial charge in [0.15, 0.2) is 6.29 Å². The Labute approximate surface area is 86.2 Å². The molecule has 0 aromatic carbocycles. The summed E-state index contributed by atoms with van der Waals surface area (Å²) >= 11 is 0. The van der Waals surface area contributed by atoms with Crippen molar-refractivity contribution in [2.24, 2.45) is 0 Å². The van der Waals surface area contributed by atoms with Crippen LogP contribution in [0.5, 0.6) is 0 Å². The molecule has 0 saturated carbocycles. The van der Waals surface area contributed by atoms with Gasteiger partial charge in [-0.1, -0.05) is 0 Å². The molecule has 3 heteroatoms. The maximum atomic E-state index is 6.65. The molecule has 0 aromatic rings. The van der Waals surface area contributed by atoms with Gasteiger partial charge in [0.25, 0.3) is 0 Å². The second-order valence-electron chi connectivity index (χ2n) is 2.59. The summed E-state index contributed by atoms with van der Waals surface area (Å²) in [7, 11) is 0. The van der Waals surface area contributed by atoms with Gasteiger partial charge in [-0.2, -0.15) is 0 Å². The summed E-state index contributed by atoms with van der Waals surface area (Å²) in [6.07, 6.45) is 10.5. The second kappa shape index (κ2) is 7.71. The molecule has 1 unspecified atom stereocenters. The third-order valence-electron chi connectivity index (χ3n) is 1.67. The summed E-state index contributed by atoms with van der Waals surface area (Å²) in [5.74, 6) is 2.28. The van der Waals surface area contributed by atoms with E-state index < -0.39 is 0 Å². The van der Waals surface area contributed by atoms with E-state index in [0.29, 0.717) is 13.0 Å². The average molecular weight is 160 g/mol. The van der Waals surface area contributed by atoms with Crippen molar-refractivity contribution in [3.8, 4) is 5.92 Å². The van der Waals surface area contributed by atoms with E-state index in [2.05, 4.69) is 5.92 Å². The van der Waals surface area contributed by atoms with Gasteiger partial charge < -0.3 is 21.8 Å². The first-order chi connectivity index (χ1) is 5.43. The van der Waals surface area contributed by atoms with Crippen LogP contribution in [0, 0.1) is 12.3 Å². The molecule has 0 radical (unpaired) electrons. The van der Waals surface area contributed by atoms with E-state index in [1.807, 2.05) is 0 Å². The summed E-state index contributed by atoms with van der Waals surface area (Å²) in [4.78, 5) is 0. The molecule has 12 heavy (non-hydrogen) atoms. The van der Waals surface area contributed by atoms with Crippen molar-refractivity contribution in [2.45, 2.75) is 32.0 Å². The molecule has 1 rings (SSSR count). The number of rotatable bonds is 3. The summed E-state index contributed by atoms with van der Waals surface area (Å²) in [5.41, 5.74) is 0. The van der Waals surface area contributed by atoms with Crippen molar-refractivity contribution in [3.63, 3.8) is 0 Å². The minimum absolute atomic E-state index is 0. The molecule has 1 heterocycles. The summed E-state index contributed by atoms with van der Waals surface area (Å²) in [6.45, 7) is 1.38. The van der Waals surface area contributed by atoms with E-state index in [9.17, 15) is 0 Å².